The molecule has 0 radical (unpaired) electrons. The first-order valence-electron chi connectivity index (χ1n) is 21.6. The molecule has 1 unspecified atom stereocenters. The molecule has 0 amide bonds. The summed E-state index contributed by atoms with van der Waals surface area (Å²) < 4.78 is 15.4. The third-order valence-corrected chi connectivity index (χ3v) is 13.9. The Hall–Kier alpha value is -6.81. The Bertz CT molecular complexity index is 3260. The second-order valence-corrected chi connectivity index (χ2v) is 18.1. The van der Waals surface area contributed by atoms with E-state index < -0.39 is 0 Å². The summed E-state index contributed by atoms with van der Waals surface area (Å²) in [6.07, 6.45) is 8.11. The van der Waals surface area contributed by atoms with Gasteiger partial charge in [-0.2, -0.15) is 0 Å². The van der Waals surface area contributed by atoms with Gasteiger partial charge in [-0.15, -0.1) is 22.7 Å². The molecule has 10 rings (SSSR count). The Morgan fingerprint density at radius 3 is 1.85 bits per heavy atom. The van der Waals surface area contributed by atoms with Crippen molar-refractivity contribution in [2.24, 2.45) is 7.05 Å². The third-order valence-electron chi connectivity index (χ3n) is 11.3. The second-order valence-electron chi connectivity index (χ2n) is 15.7. The molecule has 15 heteroatoms. The van der Waals surface area contributed by atoms with Gasteiger partial charge >= 0.3 is 0 Å². The minimum atomic E-state index is -0.167. The van der Waals surface area contributed by atoms with Crippen molar-refractivity contribution in [2.75, 3.05) is 44.6 Å². The molecule has 1 atom stereocenters. The van der Waals surface area contributed by atoms with Crippen molar-refractivity contribution in [2.45, 2.75) is 19.0 Å². The quantitative estimate of drug-likeness (QED) is 0.0851. The monoisotopic (exact) mass is 928 g/mol. The van der Waals surface area contributed by atoms with Crippen LogP contribution < -0.4 is 10.6 Å². The van der Waals surface area contributed by atoms with Gasteiger partial charge in [0.2, 0.25) is 0 Å². The van der Waals surface area contributed by atoms with Crippen LogP contribution >= 0.6 is 34.3 Å². The molecule has 0 fully saturated rings. The first-order chi connectivity index (χ1) is 32.5. The van der Waals surface area contributed by atoms with Crippen LogP contribution in [0.25, 0.3) is 86.9 Å². The van der Waals surface area contributed by atoms with E-state index >= 15 is 0 Å². The van der Waals surface area contributed by atoms with Gasteiger partial charge in [-0.1, -0.05) is 121 Å². The summed E-state index contributed by atoms with van der Waals surface area (Å²) in [6, 6.07) is 39.0. The summed E-state index contributed by atoms with van der Waals surface area (Å²) in [5, 5.41) is 9.91. The number of fused-ring (bicyclic) bond motifs is 2. The first kappa shape index (κ1) is 43.1. The van der Waals surface area contributed by atoms with Gasteiger partial charge in [0, 0.05) is 90.6 Å². The maximum absolute atomic E-state index is 6.94. The van der Waals surface area contributed by atoms with E-state index in [0.717, 1.165) is 63.6 Å². The van der Waals surface area contributed by atoms with Crippen LogP contribution in [0.5, 0.6) is 0 Å². The van der Waals surface area contributed by atoms with Crippen LogP contribution in [-0.2, 0) is 23.1 Å². The molecule has 66 heavy (non-hydrogen) atoms. The molecule has 0 bridgehead atoms. The molecule has 0 saturated heterocycles. The van der Waals surface area contributed by atoms with Gasteiger partial charge in [0.1, 0.15) is 21.3 Å². The van der Waals surface area contributed by atoms with Crippen LogP contribution in [0.1, 0.15) is 6.42 Å². The maximum atomic E-state index is 6.94. The number of ether oxygens (including phenoxy) is 2. The number of hydrogen-bond donors (Lipinski definition) is 2. The highest BCUT2D eigenvalue weighted by Gasteiger charge is 2.27. The summed E-state index contributed by atoms with van der Waals surface area (Å²) in [5.74, 6) is 3.77. The second kappa shape index (κ2) is 19.3. The lowest BCUT2D eigenvalue weighted by atomic mass is 9.99. The average Bonchev–Trinajstić information content (AvgIpc) is 4.17. The number of methoxy groups -OCH3 is 2. The summed E-state index contributed by atoms with van der Waals surface area (Å²) >= 11 is 10.2. The predicted molar refractivity (Wildman–Crippen MR) is 269 cm³/mol. The van der Waals surface area contributed by atoms with Crippen LogP contribution in [0.4, 0.5) is 11.6 Å². The van der Waals surface area contributed by atoms with E-state index in [4.69, 9.17) is 46.0 Å². The van der Waals surface area contributed by atoms with Crippen LogP contribution in [0.3, 0.4) is 0 Å². The zero-order valence-electron chi connectivity index (χ0n) is 36.5. The standard InChI is InChI=1S/C51H45ClN10O2S2/c1-61-28-24-54-48(61)46-58-45(40-38(32-15-7-4-8-16-32)42(65-50(40)59-46)33-17-9-5-10-18-33)56-35(31-64-3)23-27-62-29-25-55-49(62)47-57-44(53-26-30-63-2)41-39(36-21-13-14-22-37(36)52)43(66-51(41)60-47)34-19-11-6-12-20-34/h4-22,24-25,28-29,35H,23,26-27,30-31H2,1-3H3,(H,53,57,60)(H,56,58,59). The van der Waals surface area contributed by atoms with Crippen molar-refractivity contribution >= 4 is 66.3 Å². The molecule has 0 spiro atoms. The number of hydrogen-bond acceptors (Lipinski definition) is 12. The van der Waals surface area contributed by atoms with Crippen molar-refractivity contribution in [1.29, 1.82) is 0 Å². The third kappa shape index (κ3) is 8.57. The summed E-state index contributed by atoms with van der Waals surface area (Å²) in [5.41, 5.74) is 6.24. The molecule has 2 N–H and O–H groups in total. The highest BCUT2D eigenvalue weighted by molar-refractivity contribution is 7.23. The number of nitrogens with one attached hydrogen (secondary N) is 2. The lowest BCUT2D eigenvalue weighted by Crippen LogP contribution is -2.27. The van der Waals surface area contributed by atoms with Crippen LogP contribution in [-0.4, -0.2) is 79.1 Å². The summed E-state index contributed by atoms with van der Waals surface area (Å²) in [4.78, 5) is 34.2. The minimum Gasteiger partial charge on any atom is -0.383 e. The number of nitrogens with zero attached hydrogens (tertiary/aromatic N) is 8. The molecular formula is C51H45ClN10O2S2. The highest BCUT2D eigenvalue weighted by Crippen LogP contribution is 2.49. The number of thiophene rings is 2. The van der Waals surface area contributed by atoms with Crippen molar-refractivity contribution in [3.05, 3.63) is 145 Å². The predicted octanol–water partition coefficient (Wildman–Crippen LogP) is 11.9. The Morgan fingerprint density at radius 2 is 1.21 bits per heavy atom. The van der Waals surface area contributed by atoms with Gasteiger partial charge in [-0.05, 0) is 29.2 Å². The lowest BCUT2D eigenvalue weighted by Gasteiger charge is -2.21. The van der Waals surface area contributed by atoms with Gasteiger partial charge in [-0.3, -0.25) is 0 Å². The number of anilines is 2. The molecule has 6 heterocycles. The molecule has 0 aliphatic heterocycles. The Kier molecular flexibility index (Phi) is 12.6. The summed E-state index contributed by atoms with van der Waals surface area (Å²) in [6.45, 7) is 2.04. The zero-order chi connectivity index (χ0) is 45.0. The number of imidazole rings is 2. The normalized spacial score (nSPS) is 12.0. The molecule has 0 aliphatic carbocycles. The molecule has 330 valence electrons. The van der Waals surface area contributed by atoms with Crippen molar-refractivity contribution < 1.29 is 9.47 Å². The van der Waals surface area contributed by atoms with Crippen LogP contribution in [0, 0.1) is 0 Å². The molecule has 6 aromatic heterocycles. The van der Waals surface area contributed by atoms with E-state index in [1.807, 2.05) is 72.5 Å². The highest BCUT2D eigenvalue weighted by atomic mass is 35.5. The minimum absolute atomic E-state index is 0.167. The molecule has 4 aromatic carbocycles. The molecule has 0 saturated carbocycles. The van der Waals surface area contributed by atoms with Crippen molar-refractivity contribution in [3.8, 4) is 66.4 Å². The van der Waals surface area contributed by atoms with E-state index in [2.05, 4.69) is 86.9 Å². The topological polar surface area (TPSA) is 130 Å². The SMILES string of the molecule is COCCNc1nc(-c2nccn2CCC(COC)Nc2nc(-c3nccn3C)nc3sc(-c4ccccc4)c(-c4ccccc4)c23)nc2sc(-c3ccccc3)c(-c3ccccc3Cl)c12. The van der Waals surface area contributed by atoms with Gasteiger partial charge in [0.25, 0.3) is 0 Å². The van der Waals surface area contributed by atoms with Crippen LogP contribution in [0.2, 0.25) is 5.02 Å². The molecule has 12 nitrogen and oxygen atoms in total. The number of aromatic nitrogens is 8. The average molecular weight is 930 g/mol. The Balaban J connectivity index is 1.04. The first-order valence-corrected chi connectivity index (χ1v) is 23.6. The number of rotatable bonds is 17. The van der Waals surface area contributed by atoms with Gasteiger partial charge in [-0.25, -0.2) is 29.9 Å². The number of benzene rings is 4. The number of halogens is 1. The lowest BCUT2D eigenvalue weighted by molar-refractivity contribution is 0.181. The fourth-order valence-corrected chi connectivity index (χ4v) is 10.9. The largest absolute Gasteiger partial charge is 0.383 e. The Labute approximate surface area is 395 Å². The fourth-order valence-electron chi connectivity index (χ4n) is 8.26. The molecule has 0 aliphatic rings. The van der Waals surface area contributed by atoms with E-state index in [1.165, 1.54) is 0 Å². The van der Waals surface area contributed by atoms with E-state index in [9.17, 15) is 0 Å². The van der Waals surface area contributed by atoms with E-state index in [0.29, 0.717) is 72.7 Å². The Morgan fingerprint density at radius 1 is 0.636 bits per heavy atom. The van der Waals surface area contributed by atoms with Gasteiger partial charge in [0.15, 0.2) is 23.3 Å². The smallest absolute Gasteiger partial charge is 0.199 e. The fraction of sp³-hybridized carbons (Fsp3) is 0.176. The van der Waals surface area contributed by atoms with Crippen molar-refractivity contribution in [1.82, 2.24) is 39.0 Å². The van der Waals surface area contributed by atoms with Crippen molar-refractivity contribution in [3.63, 3.8) is 0 Å². The maximum Gasteiger partial charge on any atom is 0.199 e. The summed E-state index contributed by atoms with van der Waals surface area (Å²) in [7, 11) is 5.37. The van der Waals surface area contributed by atoms with E-state index in [-0.39, 0.29) is 6.04 Å². The molecular weight excluding hydrogens is 884 g/mol. The van der Waals surface area contributed by atoms with Gasteiger partial charge < -0.3 is 29.2 Å². The van der Waals surface area contributed by atoms with Crippen LogP contribution in [0.15, 0.2) is 140 Å². The zero-order valence-corrected chi connectivity index (χ0v) is 38.9. The number of aryl methyl sites for hydroxylation is 2. The van der Waals surface area contributed by atoms with E-state index in [1.54, 1.807) is 49.3 Å². The molecule has 10 aromatic rings. The van der Waals surface area contributed by atoms with Gasteiger partial charge in [0.05, 0.1) is 30.0 Å².